The SMILES string of the molecule is CC1CN(c2cn(S(=O)(=O)c3cccc4c3NC(=O)CO4)c3cccnc23)CCN1. The van der Waals surface area contributed by atoms with Crippen molar-refractivity contribution in [2.75, 3.05) is 36.5 Å². The van der Waals surface area contributed by atoms with E-state index < -0.39 is 10.0 Å². The highest BCUT2D eigenvalue weighted by Gasteiger charge is 2.30. The normalized spacial score (nSPS) is 19.3. The van der Waals surface area contributed by atoms with Crippen molar-refractivity contribution in [1.29, 1.82) is 0 Å². The summed E-state index contributed by atoms with van der Waals surface area (Å²) in [6.45, 7) is 4.26. The Labute approximate surface area is 173 Å². The highest BCUT2D eigenvalue weighted by Crippen LogP contribution is 2.37. The van der Waals surface area contributed by atoms with Crippen LogP contribution in [0.2, 0.25) is 0 Å². The lowest BCUT2D eigenvalue weighted by Gasteiger charge is -2.32. The molecule has 0 radical (unpaired) electrons. The van der Waals surface area contributed by atoms with E-state index in [1.807, 2.05) is 0 Å². The number of nitrogens with zero attached hydrogens (tertiary/aromatic N) is 3. The number of fused-ring (bicyclic) bond motifs is 2. The Hall–Kier alpha value is -3.11. The molecule has 1 aromatic carbocycles. The van der Waals surface area contributed by atoms with Crippen molar-refractivity contribution in [3.8, 4) is 5.75 Å². The minimum Gasteiger partial charge on any atom is -0.482 e. The second-order valence-electron chi connectivity index (χ2n) is 7.45. The topological polar surface area (TPSA) is 106 Å². The lowest BCUT2D eigenvalue weighted by atomic mass is 10.2. The van der Waals surface area contributed by atoms with Crippen molar-refractivity contribution in [1.82, 2.24) is 14.3 Å². The Morgan fingerprint density at radius 1 is 1.23 bits per heavy atom. The van der Waals surface area contributed by atoms with Crippen molar-refractivity contribution < 1.29 is 17.9 Å². The number of pyridine rings is 1. The number of rotatable bonds is 3. The molecule has 1 saturated heterocycles. The number of nitrogens with one attached hydrogen (secondary N) is 2. The first kappa shape index (κ1) is 18.9. The van der Waals surface area contributed by atoms with E-state index in [1.54, 1.807) is 36.7 Å². The Morgan fingerprint density at radius 3 is 2.93 bits per heavy atom. The predicted molar refractivity (Wildman–Crippen MR) is 113 cm³/mol. The van der Waals surface area contributed by atoms with Crippen LogP contribution in [0.5, 0.6) is 5.75 Å². The molecule has 1 fully saturated rings. The lowest BCUT2D eigenvalue weighted by Crippen LogP contribution is -2.49. The standard InChI is InChI=1S/C20H21N5O4S/c1-13-10-24(9-8-21-13)15-11-25(14-4-3-7-22-19(14)15)30(27,28)17-6-2-5-16-20(17)23-18(26)12-29-16/h2-7,11,13,21H,8-10,12H2,1H3,(H,23,26). The van der Waals surface area contributed by atoms with Crippen molar-refractivity contribution in [2.24, 2.45) is 0 Å². The first-order valence-electron chi connectivity index (χ1n) is 9.71. The summed E-state index contributed by atoms with van der Waals surface area (Å²) in [6.07, 6.45) is 3.28. The zero-order valence-electron chi connectivity index (χ0n) is 16.3. The predicted octanol–water partition coefficient (Wildman–Crippen LogP) is 1.40. The largest absolute Gasteiger partial charge is 0.482 e. The van der Waals surface area contributed by atoms with Gasteiger partial charge in [-0.05, 0) is 31.2 Å². The molecule has 4 heterocycles. The average molecular weight is 427 g/mol. The first-order valence-corrected chi connectivity index (χ1v) is 11.1. The molecule has 2 aliphatic heterocycles. The fraction of sp³-hybridized carbons (Fsp3) is 0.300. The second-order valence-corrected chi connectivity index (χ2v) is 9.24. The molecular weight excluding hydrogens is 406 g/mol. The van der Waals surface area contributed by atoms with Gasteiger partial charge in [0.2, 0.25) is 0 Å². The van der Waals surface area contributed by atoms with Gasteiger partial charge < -0.3 is 20.3 Å². The summed E-state index contributed by atoms with van der Waals surface area (Å²) >= 11 is 0. The molecule has 3 aromatic rings. The van der Waals surface area contributed by atoms with Crippen LogP contribution in [0, 0.1) is 0 Å². The van der Waals surface area contributed by atoms with Gasteiger partial charge in [-0.2, -0.15) is 0 Å². The van der Waals surface area contributed by atoms with Gasteiger partial charge in [-0.1, -0.05) is 6.07 Å². The number of hydrogen-bond donors (Lipinski definition) is 2. The molecule has 1 amide bonds. The van der Waals surface area contributed by atoms with E-state index in [1.165, 1.54) is 10.0 Å². The van der Waals surface area contributed by atoms with Gasteiger partial charge in [-0.3, -0.25) is 9.78 Å². The third-order valence-corrected chi connectivity index (χ3v) is 7.08. The molecule has 10 heteroatoms. The van der Waals surface area contributed by atoms with Crippen molar-refractivity contribution >= 4 is 38.3 Å². The van der Waals surface area contributed by atoms with E-state index >= 15 is 0 Å². The highest BCUT2D eigenvalue weighted by molar-refractivity contribution is 7.90. The number of piperazine rings is 1. The van der Waals surface area contributed by atoms with Gasteiger partial charge >= 0.3 is 0 Å². The maximum absolute atomic E-state index is 13.7. The minimum absolute atomic E-state index is 0.0194. The van der Waals surface area contributed by atoms with Crippen LogP contribution in [0.4, 0.5) is 11.4 Å². The van der Waals surface area contributed by atoms with Crippen molar-refractivity contribution in [2.45, 2.75) is 17.9 Å². The molecule has 0 aliphatic carbocycles. The molecule has 30 heavy (non-hydrogen) atoms. The molecule has 1 unspecified atom stereocenters. The number of para-hydroxylation sites is 1. The van der Waals surface area contributed by atoms with E-state index in [2.05, 4.69) is 27.4 Å². The fourth-order valence-corrected chi connectivity index (χ4v) is 5.51. The van der Waals surface area contributed by atoms with Gasteiger partial charge in [0.05, 0.1) is 11.2 Å². The first-order chi connectivity index (χ1) is 14.4. The van der Waals surface area contributed by atoms with Crippen LogP contribution in [-0.4, -0.2) is 55.6 Å². The number of carbonyl (C=O) groups is 1. The van der Waals surface area contributed by atoms with E-state index in [-0.39, 0.29) is 29.1 Å². The molecule has 156 valence electrons. The van der Waals surface area contributed by atoms with Gasteiger partial charge in [0, 0.05) is 38.1 Å². The Kier molecular flexibility index (Phi) is 4.40. The zero-order chi connectivity index (χ0) is 20.9. The minimum atomic E-state index is -4.02. The third-order valence-electron chi connectivity index (χ3n) is 5.36. The van der Waals surface area contributed by atoms with E-state index in [0.29, 0.717) is 16.8 Å². The molecule has 2 N–H and O–H groups in total. The molecule has 0 saturated carbocycles. The molecule has 0 bridgehead atoms. The molecule has 9 nitrogen and oxygen atoms in total. The van der Waals surface area contributed by atoms with Crippen LogP contribution in [0.1, 0.15) is 6.92 Å². The summed E-state index contributed by atoms with van der Waals surface area (Å²) in [5.74, 6) is -0.0545. The van der Waals surface area contributed by atoms with Gasteiger partial charge in [-0.25, -0.2) is 12.4 Å². The Bertz CT molecular complexity index is 1250. The summed E-state index contributed by atoms with van der Waals surface area (Å²) < 4.78 is 34.0. The van der Waals surface area contributed by atoms with Crippen molar-refractivity contribution in [3.63, 3.8) is 0 Å². The van der Waals surface area contributed by atoms with Crippen LogP contribution in [0.25, 0.3) is 11.0 Å². The van der Waals surface area contributed by atoms with Gasteiger partial charge in [-0.15, -0.1) is 0 Å². The number of hydrogen-bond acceptors (Lipinski definition) is 7. The summed E-state index contributed by atoms with van der Waals surface area (Å²) in [6, 6.07) is 8.44. The van der Waals surface area contributed by atoms with Crippen LogP contribution < -0.4 is 20.3 Å². The maximum atomic E-state index is 13.7. The zero-order valence-corrected chi connectivity index (χ0v) is 17.1. The number of anilines is 2. The monoisotopic (exact) mass is 427 g/mol. The van der Waals surface area contributed by atoms with Crippen LogP contribution in [-0.2, 0) is 14.8 Å². The molecule has 5 rings (SSSR count). The van der Waals surface area contributed by atoms with Crippen LogP contribution in [0.3, 0.4) is 0 Å². The van der Waals surface area contributed by atoms with Crippen LogP contribution >= 0.6 is 0 Å². The molecule has 2 aliphatic rings. The summed E-state index contributed by atoms with van der Waals surface area (Å²) in [7, 11) is -4.02. The Morgan fingerprint density at radius 2 is 2.10 bits per heavy atom. The quantitative estimate of drug-likeness (QED) is 0.651. The molecule has 2 aromatic heterocycles. The smallest absolute Gasteiger partial charge is 0.270 e. The number of benzene rings is 1. The summed E-state index contributed by atoms with van der Waals surface area (Å²) in [5.41, 5.74) is 2.05. The molecule has 1 atom stereocenters. The Balaban J connectivity index is 1.68. The molecular formula is C20H21N5O4S. The van der Waals surface area contributed by atoms with E-state index in [9.17, 15) is 13.2 Å². The average Bonchev–Trinajstić information content (AvgIpc) is 3.14. The second kappa shape index (κ2) is 6.99. The van der Waals surface area contributed by atoms with Gasteiger partial charge in [0.15, 0.2) is 6.61 Å². The number of ether oxygens (including phenoxy) is 1. The number of aromatic nitrogens is 2. The maximum Gasteiger partial charge on any atom is 0.270 e. The molecule has 0 spiro atoms. The van der Waals surface area contributed by atoms with Crippen LogP contribution in [0.15, 0.2) is 47.6 Å². The highest BCUT2D eigenvalue weighted by atomic mass is 32.2. The number of carbonyl (C=O) groups excluding carboxylic acids is 1. The summed E-state index contributed by atoms with van der Waals surface area (Å²) in [4.78, 5) is 18.4. The van der Waals surface area contributed by atoms with Crippen molar-refractivity contribution in [3.05, 3.63) is 42.7 Å². The van der Waals surface area contributed by atoms with E-state index in [4.69, 9.17) is 4.74 Å². The fourth-order valence-electron chi connectivity index (χ4n) is 3.99. The third kappa shape index (κ3) is 2.99. The lowest BCUT2D eigenvalue weighted by molar-refractivity contribution is -0.118. The van der Waals surface area contributed by atoms with Gasteiger partial charge in [0.1, 0.15) is 21.8 Å². The summed E-state index contributed by atoms with van der Waals surface area (Å²) in [5, 5.41) is 6.03. The van der Waals surface area contributed by atoms with Gasteiger partial charge in [0.25, 0.3) is 15.9 Å². The van der Waals surface area contributed by atoms with E-state index in [0.717, 1.165) is 25.3 Å². The number of amides is 1.